The van der Waals surface area contributed by atoms with Gasteiger partial charge in [0, 0.05) is 25.1 Å². The minimum Gasteiger partial charge on any atom is -0.377 e. The van der Waals surface area contributed by atoms with Crippen LogP contribution in [0.1, 0.15) is 45.0 Å². The number of hydrogen-bond acceptors (Lipinski definition) is 4. The van der Waals surface area contributed by atoms with E-state index >= 15 is 0 Å². The number of hydrogen-bond donors (Lipinski definition) is 0. The third-order valence-corrected chi connectivity index (χ3v) is 3.20. The lowest BCUT2D eigenvalue weighted by Gasteiger charge is -2.22. The molecule has 1 heterocycles. The van der Waals surface area contributed by atoms with E-state index in [9.17, 15) is 0 Å². The first-order valence-electron chi connectivity index (χ1n) is 6.69. The number of likely N-dealkylation sites (N-methyl/N-ethyl adjacent to an activating group) is 1. The number of ether oxygens (including phenoxy) is 1. The number of anilines is 1. The summed E-state index contributed by atoms with van der Waals surface area (Å²) >= 11 is 6.18. The molecule has 1 aromatic rings. The summed E-state index contributed by atoms with van der Waals surface area (Å²) in [6.07, 6.45) is 0.245. The van der Waals surface area contributed by atoms with Gasteiger partial charge in [-0.15, -0.1) is 0 Å². The first-order valence-corrected chi connectivity index (χ1v) is 7.07. The van der Waals surface area contributed by atoms with Crippen molar-refractivity contribution in [1.29, 1.82) is 0 Å². The van der Waals surface area contributed by atoms with E-state index in [0.29, 0.717) is 11.8 Å². The van der Waals surface area contributed by atoms with Gasteiger partial charge in [0.2, 0.25) is 0 Å². The molecule has 0 N–H and O–H groups in total. The molecule has 0 spiro atoms. The van der Waals surface area contributed by atoms with Crippen LogP contribution in [0.25, 0.3) is 0 Å². The summed E-state index contributed by atoms with van der Waals surface area (Å²) in [4.78, 5) is 11.0. The Balaban J connectivity index is 2.86. The van der Waals surface area contributed by atoms with Gasteiger partial charge in [0.15, 0.2) is 0 Å². The van der Waals surface area contributed by atoms with Gasteiger partial charge in [0.05, 0.1) is 12.7 Å². The molecule has 0 fully saturated rings. The Morgan fingerprint density at radius 1 is 1.21 bits per heavy atom. The van der Waals surface area contributed by atoms with Gasteiger partial charge in [0.1, 0.15) is 16.8 Å². The average Bonchev–Trinajstić information content (AvgIpc) is 2.31. The number of halogens is 1. The van der Waals surface area contributed by atoms with Crippen LogP contribution in [0, 0.1) is 6.92 Å². The van der Waals surface area contributed by atoms with Gasteiger partial charge in [0.25, 0.3) is 0 Å². The van der Waals surface area contributed by atoms with E-state index in [1.165, 1.54) is 0 Å². The van der Waals surface area contributed by atoms with Crippen LogP contribution < -0.4 is 4.90 Å². The number of aromatic nitrogens is 2. The topological polar surface area (TPSA) is 38.2 Å². The van der Waals surface area contributed by atoms with Crippen molar-refractivity contribution in [1.82, 2.24) is 9.97 Å². The van der Waals surface area contributed by atoms with E-state index in [0.717, 1.165) is 23.8 Å². The summed E-state index contributed by atoms with van der Waals surface area (Å²) in [5.74, 6) is 1.93. The van der Waals surface area contributed by atoms with E-state index in [2.05, 4.69) is 28.7 Å². The Hall–Kier alpha value is -0.870. The Morgan fingerprint density at radius 2 is 1.84 bits per heavy atom. The molecule has 0 aliphatic rings. The van der Waals surface area contributed by atoms with Crippen molar-refractivity contribution in [2.24, 2.45) is 0 Å². The third kappa shape index (κ3) is 4.62. The summed E-state index contributed by atoms with van der Waals surface area (Å²) in [7, 11) is 2.00. The van der Waals surface area contributed by atoms with Crippen LogP contribution in [0.5, 0.6) is 0 Å². The van der Waals surface area contributed by atoms with Gasteiger partial charge < -0.3 is 9.64 Å². The molecule has 0 unspecified atom stereocenters. The van der Waals surface area contributed by atoms with E-state index in [-0.39, 0.29) is 12.0 Å². The largest absolute Gasteiger partial charge is 0.377 e. The minimum absolute atomic E-state index is 0.245. The van der Waals surface area contributed by atoms with E-state index in [4.69, 9.17) is 16.3 Å². The Morgan fingerprint density at radius 3 is 2.37 bits per heavy atom. The molecule has 1 rings (SSSR count). The molecule has 1 aromatic heterocycles. The van der Waals surface area contributed by atoms with Crippen LogP contribution in [0.4, 0.5) is 5.82 Å². The lowest BCUT2D eigenvalue weighted by atomic mass is 10.2. The van der Waals surface area contributed by atoms with Crippen LogP contribution in [0.3, 0.4) is 0 Å². The molecule has 4 nitrogen and oxygen atoms in total. The fraction of sp³-hybridized carbons (Fsp3) is 0.714. The molecule has 0 aliphatic carbocycles. The maximum atomic E-state index is 6.18. The maximum Gasteiger partial charge on any atom is 0.137 e. The van der Waals surface area contributed by atoms with Crippen molar-refractivity contribution in [2.75, 3.05) is 25.1 Å². The minimum atomic E-state index is 0.245. The van der Waals surface area contributed by atoms with Crippen molar-refractivity contribution in [3.05, 3.63) is 16.5 Å². The normalized spacial score (nSPS) is 11.4. The third-order valence-electron chi connectivity index (χ3n) is 2.83. The van der Waals surface area contributed by atoms with Crippen LogP contribution in [-0.2, 0) is 4.74 Å². The molecule has 19 heavy (non-hydrogen) atoms. The summed E-state index contributed by atoms with van der Waals surface area (Å²) in [6.45, 7) is 11.6. The molecule has 0 radical (unpaired) electrons. The molecule has 0 amide bonds. The average molecular weight is 286 g/mol. The highest BCUT2D eigenvalue weighted by Gasteiger charge is 2.14. The van der Waals surface area contributed by atoms with Crippen LogP contribution >= 0.6 is 11.6 Å². The van der Waals surface area contributed by atoms with Crippen molar-refractivity contribution in [3.8, 4) is 0 Å². The summed E-state index contributed by atoms with van der Waals surface area (Å²) < 4.78 is 5.56. The smallest absolute Gasteiger partial charge is 0.137 e. The summed E-state index contributed by atoms with van der Waals surface area (Å²) in [6, 6.07) is 0. The Bertz CT molecular complexity index is 421. The Kier molecular flexibility index (Phi) is 6.01. The molecule has 0 saturated carbocycles. The molecule has 0 bridgehead atoms. The van der Waals surface area contributed by atoms with Gasteiger partial charge >= 0.3 is 0 Å². The standard InChI is InChI=1S/C14H24ClN3O/c1-9(2)13-16-12(15)11(5)14(17-13)18(6)7-8-19-10(3)4/h9-10H,7-8H2,1-6H3. The lowest BCUT2D eigenvalue weighted by molar-refractivity contribution is 0.0845. The molecule has 5 heteroatoms. The first-order chi connectivity index (χ1) is 8.82. The molecular weight excluding hydrogens is 262 g/mol. The molecular formula is C14H24ClN3O. The predicted molar refractivity (Wildman–Crippen MR) is 80.2 cm³/mol. The van der Waals surface area contributed by atoms with Crippen molar-refractivity contribution >= 4 is 17.4 Å². The highest BCUT2D eigenvalue weighted by molar-refractivity contribution is 6.30. The van der Waals surface area contributed by atoms with Crippen LogP contribution in [0.2, 0.25) is 5.15 Å². The van der Waals surface area contributed by atoms with Gasteiger partial charge in [-0.25, -0.2) is 9.97 Å². The zero-order valence-electron chi connectivity index (χ0n) is 12.7. The van der Waals surface area contributed by atoms with Gasteiger partial charge in [-0.1, -0.05) is 25.4 Å². The fourth-order valence-electron chi connectivity index (χ4n) is 1.66. The van der Waals surface area contributed by atoms with Gasteiger partial charge in [-0.05, 0) is 20.8 Å². The van der Waals surface area contributed by atoms with Gasteiger partial charge in [-0.2, -0.15) is 0 Å². The highest BCUT2D eigenvalue weighted by Crippen LogP contribution is 2.24. The second-order valence-electron chi connectivity index (χ2n) is 5.32. The first kappa shape index (κ1) is 16.2. The van der Waals surface area contributed by atoms with E-state index in [1.807, 2.05) is 27.8 Å². The lowest BCUT2D eigenvalue weighted by Crippen LogP contribution is -2.26. The second-order valence-corrected chi connectivity index (χ2v) is 5.68. The van der Waals surface area contributed by atoms with Crippen LogP contribution in [-0.4, -0.2) is 36.3 Å². The molecule has 0 atom stereocenters. The number of nitrogens with zero attached hydrogens (tertiary/aromatic N) is 3. The van der Waals surface area contributed by atoms with Crippen molar-refractivity contribution in [3.63, 3.8) is 0 Å². The van der Waals surface area contributed by atoms with Crippen molar-refractivity contribution in [2.45, 2.75) is 46.6 Å². The molecule has 0 aliphatic heterocycles. The van der Waals surface area contributed by atoms with Crippen molar-refractivity contribution < 1.29 is 4.74 Å². The Labute approximate surface area is 121 Å². The van der Waals surface area contributed by atoms with Crippen LogP contribution in [0.15, 0.2) is 0 Å². The molecule has 0 saturated heterocycles. The maximum absolute atomic E-state index is 6.18. The van der Waals surface area contributed by atoms with E-state index < -0.39 is 0 Å². The predicted octanol–water partition coefficient (Wildman–Crippen LogP) is 3.42. The SMILES string of the molecule is Cc1c(Cl)nc(C(C)C)nc1N(C)CCOC(C)C. The zero-order valence-corrected chi connectivity index (χ0v) is 13.5. The second kappa shape index (κ2) is 7.06. The summed E-state index contributed by atoms with van der Waals surface area (Å²) in [5.41, 5.74) is 0.915. The van der Waals surface area contributed by atoms with Gasteiger partial charge in [-0.3, -0.25) is 0 Å². The monoisotopic (exact) mass is 285 g/mol. The number of rotatable bonds is 6. The quantitative estimate of drug-likeness (QED) is 0.751. The molecule has 0 aromatic carbocycles. The van der Waals surface area contributed by atoms with E-state index in [1.54, 1.807) is 0 Å². The summed E-state index contributed by atoms with van der Waals surface area (Å²) in [5, 5.41) is 0.533. The zero-order chi connectivity index (χ0) is 14.6. The highest BCUT2D eigenvalue weighted by atomic mass is 35.5. The fourth-order valence-corrected chi connectivity index (χ4v) is 1.83. The molecule has 108 valence electrons.